The van der Waals surface area contributed by atoms with E-state index in [1.807, 2.05) is 49.4 Å². The van der Waals surface area contributed by atoms with Crippen molar-refractivity contribution in [2.75, 3.05) is 18.5 Å². The summed E-state index contributed by atoms with van der Waals surface area (Å²) in [5, 5.41) is 0. The lowest BCUT2D eigenvalue weighted by molar-refractivity contribution is -0.118. The molecular weight excluding hydrogens is 598 g/mol. The highest BCUT2D eigenvalue weighted by Crippen LogP contribution is 2.33. The van der Waals surface area contributed by atoms with Gasteiger partial charge in [0.1, 0.15) is 0 Å². The number of hydrogen-bond donors (Lipinski definition) is 1. The van der Waals surface area contributed by atoms with Crippen molar-refractivity contribution in [3.8, 4) is 0 Å². The summed E-state index contributed by atoms with van der Waals surface area (Å²) in [7, 11) is -2.48. The lowest BCUT2D eigenvalue weighted by Gasteiger charge is -2.26. The topological polar surface area (TPSA) is 96.0 Å². The monoisotopic (exact) mass is 639 g/mol. The Morgan fingerprint density at radius 3 is 2.11 bits per heavy atom. The normalized spacial score (nSPS) is 13.8. The van der Waals surface area contributed by atoms with Gasteiger partial charge in [0.15, 0.2) is 0 Å². The van der Waals surface area contributed by atoms with Crippen LogP contribution in [0.3, 0.4) is 0 Å². The molecule has 0 aliphatic heterocycles. The van der Waals surface area contributed by atoms with Crippen LogP contribution in [0.2, 0.25) is 0 Å². The van der Waals surface area contributed by atoms with E-state index in [0.29, 0.717) is 17.2 Å². The molecule has 4 aromatic carbocycles. The number of hydroxylamine groups is 1. The summed E-state index contributed by atoms with van der Waals surface area (Å²) in [5.41, 5.74) is 7.47. The van der Waals surface area contributed by atoms with Crippen LogP contribution in [-0.2, 0) is 32.8 Å². The minimum absolute atomic E-state index is 0.128. The van der Waals surface area contributed by atoms with E-state index in [2.05, 4.69) is 17.6 Å². The average Bonchev–Trinajstić information content (AvgIpc) is 3.08. The number of carbonyl (C=O) groups excluding carboxylic acids is 2. The third-order valence-electron chi connectivity index (χ3n) is 8.47. The van der Waals surface area contributed by atoms with Crippen LogP contribution in [0.15, 0.2) is 108 Å². The summed E-state index contributed by atoms with van der Waals surface area (Å²) < 4.78 is 27.6. The van der Waals surface area contributed by atoms with Crippen molar-refractivity contribution >= 4 is 27.5 Å². The fourth-order valence-corrected chi connectivity index (χ4v) is 6.82. The van der Waals surface area contributed by atoms with Crippen molar-refractivity contribution in [2.45, 2.75) is 63.0 Å². The second kappa shape index (κ2) is 15.3. The molecule has 0 saturated heterocycles. The predicted molar refractivity (Wildman–Crippen MR) is 180 cm³/mol. The van der Waals surface area contributed by atoms with Gasteiger partial charge in [-0.3, -0.25) is 14.4 Å². The van der Waals surface area contributed by atoms with Crippen LogP contribution in [0, 0.1) is 6.92 Å². The molecule has 1 saturated carbocycles. The Morgan fingerprint density at radius 2 is 1.46 bits per heavy atom. The quantitative estimate of drug-likeness (QED) is 0.173. The molecule has 4 aromatic rings. The first-order valence-electron chi connectivity index (χ1n) is 15.7. The number of benzene rings is 4. The largest absolute Gasteiger partial charge is 0.307 e. The molecule has 2 amide bonds. The van der Waals surface area contributed by atoms with E-state index >= 15 is 0 Å². The Kier molecular flexibility index (Phi) is 11.0. The summed E-state index contributed by atoms with van der Waals surface area (Å²) in [6.45, 7) is 2.00. The van der Waals surface area contributed by atoms with Crippen molar-refractivity contribution in [1.82, 2.24) is 9.79 Å². The van der Waals surface area contributed by atoms with Crippen molar-refractivity contribution in [1.29, 1.82) is 0 Å². The van der Waals surface area contributed by atoms with E-state index < -0.39 is 21.8 Å². The van der Waals surface area contributed by atoms with Gasteiger partial charge >= 0.3 is 0 Å². The van der Waals surface area contributed by atoms with Crippen LogP contribution >= 0.6 is 0 Å². The van der Waals surface area contributed by atoms with Gasteiger partial charge in [-0.05, 0) is 78.8 Å². The number of hydrogen-bond acceptors (Lipinski definition) is 5. The molecule has 5 rings (SSSR count). The van der Waals surface area contributed by atoms with Crippen LogP contribution in [0.25, 0.3) is 0 Å². The second-order valence-electron chi connectivity index (χ2n) is 11.9. The first-order valence-corrected chi connectivity index (χ1v) is 17.1. The summed E-state index contributed by atoms with van der Waals surface area (Å²) in [4.78, 5) is 33.6. The number of nitrogens with one attached hydrogen (secondary N) is 1. The van der Waals surface area contributed by atoms with E-state index in [1.165, 1.54) is 44.7 Å². The van der Waals surface area contributed by atoms with Crippen LogP contribution in [0.1, 0.15) is 70.6 Å². The summed E-state index contributed by atoms with van der Waals surface area (Å²) >= 11 is 0. The molecule has 0 atom stereocenters. The SMILES string of the molecule is Cc1ccc(S(=O)(=O)N(C)CC(=O)N(Cc2ccc(C3CCCCC3)cc2)c2ccc(C(=O)NOCc3ccccc3)cc2)cc1. The van der Waals surface area contributed by atoms with Gasteiger partial charge < -0.3 is 4.90 Å². The molecule has 1 aliphatic carbocycles. The van der Waals surface area contributed by atoms with Gasteiger partial charge in [-0.15, -0.1) is 0 Å². The highest BCUT2D eigenvalue weighted by molar-refractivity contribution is 7.89. The molecule has 0 aromatic heterocycles. The van der Waals surface area contributed by atoms with Gasteiger partial charge in [-0.1, -0.05) is 91.6 Å². The van der Waals surface area contributed by atoms with Gasteiger partial charge in [0.2, 0.25) is 15.9 Å². The fourth-order valence-electron chi connectivity index (χ4n) is 5.70. The first-order chi connectivity index (χ1) is 22.2. The third kappa shape index (κ3) is 8.48. The Hall–Kier alpha value is -4.31. The Morgan fingerprint density at radius 1 is 0.804 bits per heavy atom. The van der Waals surface area contributed by atoms with Crippen molar-refractivity contribution < 1.29 is 22.8 Å². The van der Waals surface area contributed by atoms with Crippen LogP contribution in [-0.4, -0.2) is 38.1 Å². The van der Waals surface area contributed by atoms with Crippen LogP contribution < -0.4 is 10.4 Å². The van der Waals surface area contributed by atoms with Crippen LogP contribution in [0.5, 0.6) is 0 Å². The minimum atomic E-state index is -3.89. The molecular formula is C37H41N3O5S. The van der Waals surface area contributed by atoms with E-state index in [-0.39, 0.29) is 24.6 Å². The van der Waals surface area contributed by atoms with Crippen molar-refractivity contribution in [3.63, 3.8) is 0 Å². The summed E-state index contributed by atoms with van der Waals surface area (Å²) in [6.07, 6.45) is 6.19. The number of sulfonamides is 1. The molecule has 8 nitrogen and oxygen atoms in total. The molecule has 0 radical (unpaired) electrons. The second-order valence-corrected chi connectivity index (χ2v) is 13.9. The maximum Gasteiger partial charge on any atom is 0.274 e. The average molecular weight is 640 g/mol. The lowest BCUT2D eigenvalue weighted by atomic mass is 9.84. The van der Waals surface area contributed by atoms with Gasteiger partial charge in [0.25, 0.3) is 5.91 Å². The zero-order valence-corrected chi connectivity index (χ0v) is 27.2. The Bertz CT molecular complexity index is 1700. The Labute approximate surface area is 272 Å². The van der Waals surface area contributed by atoms with Gasteiger partial charge in [0.05, 0.1) is 24.6 Å². The van der Waals surface area contributed by atoms with E-state index in [0.717, 1.165) is 21.0 Å². The van der Waals surface area contributed by atoms with Crippen LogP contribution in [0.4, 0.5) is 5.69 Å². The van der Waals surface area contributed by atoms with Crippen molar-refractivity contribution in [2.24, 2.45) is 0 Å². The standard InChI is InChI=1S/C37H41N3O5S/c1-28-13-23-35(24-14-28)46(43,44)39(2)26-36(41)40(25-29-15-17-32(18-16-29)31-11-7-4-8-12-31)34-21-19-33(20-22-34)37(42)38-45-27-30-9-5-3-6-10-30/h3,5-6,9-10,13-24,31H,4,7-8,11-12,25-27H2,1-2H3,(H,38,42). The highest BCUT2D eigenvalue weighted by Gasteiger charge is 2.26. The molecule has 240 valence electrons. The number of rotatable bonds is 12. The van der Waals surface area contributed by atoms with Gasteiger partial charge in [0, 0.05) is 18.3 Å². The predicted octanol–water partition coefficient (Wildman–Crippen LogP) is 6.76. The number of anilines is 1. The fraction of sp³-hybridized carbons (Fsp3) is 0.297. The Balaban J connectivity index is 1.32. The molecule has 46 heavy (non-hydrogen) atoms. The first kappa shape index (κ1) is 33.1. The zero-order chi connectivity index (χ0) is 32.5. The third-order valence-corrected chi connectivity index (χ3v) is 10.3. The van der Waals surface area contributed by atoms with E-state index in [9.17, 15) is 18.0 Å². The van der Waals surface area contributed by atoms with Gasteiger partial charge in [-0.2, -0.15) is 4.31 Å². The minimum Gasteiger partial charge on any atom is -0.307 e. The molecule has 1 aliphatic rings. The number of aryl methyl sites for hydroxylation is 1. The number of amides is 2. The number of nitrogens with zero attached hydrogens (tertiary/aromatic N) is 2. The maximum atomic E-state index is 13.8. The smallest absolute Gasteiger partial charge is 0.274 e. The zero-order valence-electron chi connectivity index (χ0n) is 26.4. The van der Waals surface area contributed by atoms with E-state index in [4.69, 9.17) is 4.84 Å². The lowest BCUT2D eigenvalue weighted by Crippen LogP contribution is -2.41. The summed E-state index contributed by atoms with van der Waals surface area (Å²) in [5.74, 6) is -0.239. The van der Waals surface area contributed by atoms with Crippen molar-refractivity contribution in [3.05, 3.63) is 131 Å². The molecule has 0 spiro atoms. The number of carbonyl (C=O) groups is 2. The number of likely N-dealkylation sites (N-methyl/N-ethyl adjacent to an activating group) is 1. The van der Waals surface area contributed by atoms with Gasteiger partial charge in [-0.25, -0.2) is 13.9 Å². The maximum absolute atomic E-state index is 13.8. The van der Waals surface area contributed by atoms with E-state index in [1.54, 1.807) is 53.4 Å². The molecule has 0 bridgehead atoms. The molecule has 0 unspecified atom stereocenters. The molecule has 9 heteroatoms. The summed E-state index contributed by atoms with van der Waals surface area (Å²) in [6, 6.07) is 31.1. The molecule has 1 fully saturated rings. The highest BCUT2D eigenvalue weighted by atomic mass is 32.2. The molecule has 1 N–H and O–H groups in total. The molecule has 0 heterocycles.